The quantitative estimate of drug-likeness (QED) is 0.801. The largest absolute Gasteiger partial charge is 0.301 e. The number of piperidine rings is 1. The number of hydrogen-bond acceptors (Lipinski definition) is 2. The number of likely N-dealkylation sites (tertiary alicyclic amines) is 1. The molecule has 1 heterocycles. The van der Waals surface area contributed by atoms with Gasteiger partial charge < -0.3 is 4.90 Å². The molecular formula is C17H28N2. The molecular weight excluding hydrogens is 232 g/mol. The van der Waals surface area contributed by atoms with Crippen LogP contribution >= 0.6 is 0 Å². The lowest BCUT2D eigenvalue weighted by atomic mass is 10.0. The van der Waals surface area contributed by atoms with Gasteiger partial charge in [0.15, 0.2) is 0 Å². The van der Waals surface area contributed by atoms with Crippen LogP contribution < -0.4 is 0 Å². The molecule has 0 spiro atoms. The summed E-state index contributed by atoms with van der Waals surface area (Å²) in [6.07, 6.45) is 3.89. The fraction of sp³-hybridized carbons (Fsp3) is 0.647. The normalized spacial score (nSPS) is 19.8. The van der Waals surface area contributed by atoms with Crippen LogP contribution in [0.15, 0.2) is 30.3 Å². The SMILES string of the molecule is CC[C@H](C)N1CCC(N(C)Cc2ccccc2)CC1. The Morgan fingerprint density at radius 3 is 2.42 bits per heavy atom. The van der Waals surface area contributed by atoms with Gasteiger partial charge in [0.05, 0.1) is 0 Å². The zero-order valence-electron chi connectivity index (χ0n) is 12.7. The molecule has 106 valence electrons. The molecule has 0 aliphatic carbocycles. The second-order valence-electron chi connectivity index (χ2n) is 5.93. The van der Waals surface area contributed by atoms with Crippen LogP contribution in [0.1, 0.15) is 38.7 Å². The summed E-state index contributed by atoms with van der Waals surface area (Å²) < 4.78 is 0. The summed E-state index contributed by atoms with van der Waals surface area (Å²) in [6, 6.07) is 12.3. The molecule has 1 aromatic rings. The minimum atomic E-state index is 0.750. The Morgan fingerprint density at radius 2 is 1.84 bits per heavy atom. The lowest BCUT2D eigenvalue weighted by Crippen LogP contribution is -2.46. The summed E-state index contributed by atoms with van der Waals surface area (Å²) >= 11 is 0. The van der Waals surface area contributed by atoms with Crippen molar-refractivity contribution in [3.8, 4) is 0 Å². The number of benzene rings is 1. The van der Waals surface area contributed by atoms with Crippen molar-refractivity contribution in [1.29, 1.82) is 0 Å². The van der Waals surface area contributed by atoms with Crippen LogP contribution in [-0.2, 0) is 6.54 Å². The third kappa shape index (κ3) is 4.05. The summed E-state index contributed by atoms with van der Waals surface area (Å²) in [5.41, 5.74) is 1.43. The maximum absolute atomic E-state index is 2.65. The second-order valence-corrected chi connectivity index (χ2v) is 5.93. The van der Waals surface area contributed by atoms with Crippen LogP contribution in [0.3, 0.4) is 0 Å². The first-order valence-electron chi connectivity index (χ1n) is 7.69. The lowest BCUT2D eigenvalue weighted by molar-refractivity contribution is 0.0975. The molecule has 2 rings (SSSR count). The summed E-state index contributed by atoms with van der Waals surface area (Å²) in [7, 11) is 2.27. The van der Waals surface area contributed by atoms with Crippen LogP contribution in [0.2, 0.25) is 0 Å². The van der Waals surface area contributed by atoms with Crippen molar-refractivity contribution in [2.45, 2.75) is 51.7 Å². The molecule has 2 heteroatoms. The highest BCUT2D eigenvalue weighted by molar-refractivity contribution is 5.14. The fourth-order valence-electron chi connectivity index (χ4n) is 3.03. The summed E-state index contributed by atoms with van der Waals surface area (Å²) in [5, 5.41) is 0. The molecule has 0 amide bonds. The van der Waals surface area contributed by atoms with E-state index >= 15 is 0 Å². The molecule has 1 aromatic carbocycles. The van der Waals surface area contributed by atoms with E-state index in [-0.39, 0.29) is 0 Å². The highest BCUT2D eigenvalue weighted by Crippen LogP contribution is 2.19. The average molecular weight is 260 g/mol. The van der Waals surface area contributed by atoms with Crippen molar-refractivity contribution in [3.63, 3.8) is 0 Å². The zero-order valence-corrected chi connectivity index (χ0v) is 12.7. The van der Waals surface area contributed by atoms with Gasteiger partial charge in [-0.1, -0.05) is 37.3 Å². The van der Waals surface area contributed by atoms with Crippen LogP contribution in [0, 0.1) is 0 Å². The smallest absolute Gasteiger partial charge is 0.0233 e. The Kier molecular flexibility index (Phi) is 5.41. The molecule has 0 unspecified atom stereocenters. The fourth-order valence-corrected chi connectivity index (χ4v) is 3.03. The third-order valence-corrected chi connectivity index (χ3v) is 4.61. The lowest BCUT2D eigenvalue weighted by Gasteiger charge is -2.39. The van der Waals surface area contributed by atoms with Crippen molar-refractivity contribution in [3.05, 3.63) is 35.9 Å². The van der Waals surface area contributed by atoms with Gasteiger partial charge in [0.1, 0.15) is 0 Å². The van der Waals surface area contributed by atoms with Gasteiger partial charge in [-0.3, -0.25) is 4.90 Å². The zero-order chi connectivity index (χ0) is 13.7. The van der Waals surface area contributed by atoms with E-state index in [1.165, 1.54) is 37.9 Å². The minimum absolute atomic E-state index is 0.750. The molecule has 1 aliphatic rings. The number of hydrogen-bond donors (Lipinski definition) is 0. The van der Waals surface area contributed by atoms with Gasteiger partial charge in [0, 0.05) is 18.6 Å². The Morgan fingerprint density at radius 1 is 1.21 bits per heavy atom. The first-order valence-corrected chi connectivity index (χ1v) is 7.69. The molecule has 0 N–H and O–H groups in total. The minimum Gasteiger partial charge on any atom is -0.301 e. The molecule has 1 saturated heterocycles. The highest BCUT2D eigenvalue weighted by atomic mass is 15.2. The summed E-state index contributed by atoms with van der Waals surface area (Å²) in [4.78, 5) is 5.18. The molecule has 0 radical (unpaired) electrons. The van der Waals surface area contributed by atoms with Gasteiger partial charge in [-0.15, -0.1) is 0 Å². The predicted molar refractivity (Wildman–Crippen MR) is 82.3 cm³/mol. The molecule has 0 bridgehead atoms. The highest BCUT2D eigenvalue weighted by Gasteiger charge is 2.24. The van der Waals surface area contributed by atoms with Crippen molar-refractivity contribution >= 4 is 0 Å². The van der Waals surface area contributed by atoms with E-state index < -0.39 is 0 Å². The predicted octanol–water partition coefficient (Wildman–Crippen LogP) is 3.38. The summed E-state index contributed by atoms with van der Waals surface area (Å²) in [6.45, 7) is 8.25. The molecule has 0 aromatic heterocycles. The van der Waals surface area contributed by atoms with Crippen LogP contribution in [0.25, 0.3) is 0 Å². The van der Waals surface area contributed by atoms with Gasteiger partial charge in [0.2, 0.25) is 0 Å². The first-order chi connectivity index (χ1) is 9.20. The van der Waals surface area contributed by atoms with Gasteiger partial charge in [0.25, 0.3) is 0 Å². The third-order valence-electron chi connectivity index (χ3n) is 4.61. The maximum atomic E-state index is 2.65. The topological polar surface area (TPSA) is 6.48 Å². The first kappa shape index (κ1) is 14.5. The van der Waals surface area contributed by atoms with Gasteiger partial charge >= 0.3 is 0 Å². The van der Waals surface area contributed by atoms with Crippen LogP contribution in [0.5, 0.6) is 0 Å². The maximum Gasteiger partial charge on any atom is 0.0233 e. The van der Waals surface area contributed by atoms with Crippen LogP contribution in [-0.4, -0.2) is 42.0 Å². The Hall–Kier alpha value is -0.860. The Labute approximate surface area is 118 Å². The number of rotatable bonds is 5. The van der Waals surface area contributed by atoms with Crippen molar-refractivity contribution in [2.24, 2.45) is 0 Å². The van der Waals surface area contributed by atoms with Gasteiger partial charge in [-0.25, -0.2) is 0 Å². The van der Waals surface area contributed by atoms with Crippen molar-refractivity contribution in [1.82, 2.24) is 9.80 Å². The van der Waals surface area contributed by atoms with Crippen LogP contribution in [0.4, 0.5) is 0 Å². The standard InChI is InChI=1S/C17H28N2/c1-4-15(2)19-12-10-17(11-13-19)18(3)14-16-8-6-5-7-9-16/h5-9,15,17H,4,10-14H2,1-3H3/t15-/m0/s1. The average Bonchev–Trinajstić information content (AvgIpc) is 2.47. The summed E-state index contributed by atoms with van der Waals surface area (Å²) in [5.74, 6) is 0. The molecule has 1 aliphatic heterocycles. The second kappa shape index (κ2) is 7.06. The Balaban J connectivity index is 1.81. The molecule has 0 saturated carbocycles. The van der Waals surface area contributed by atoms with E-state index in [0.717, 1.165) is 18.6 Å². The van der Waals surface area contributed by atoms with E-state index in [2.05, 4.69) is 61.0 Å². The Bertz CT molecular complexity index is 355. The van der Waals surface area contributed by atoms with Crippen molar-refractivity contribution < 1.29 is 0 Å². The van der Waals surface area contributed by atoms with E-state index in [0.29, 0.717) is 0 Å². The van der Waals surface area contributed by atoms with Gasteiger partial charge in [-0.2, -0.15) is 0 Å². The monoisotopic (exact) mass is 260 g/mol. The van der Waals surface area contributed by atoms with Crippen molar-refractivity contribution in [2.75, 3.05) is 20.1 Å². The van der Waals surface area contributed by atoms with E-state index in [4.69, 9.17) is 0 Å². The molecule has 2 nitrogen and oxygen atoms in total. The van der Waals surface area contributed by atoms with E-state index in [1.807, 2.05) is 0 Å². The van der Waals surface area contributed by atoms with Gasteiger partial charge in [-0.05, 0) is 51.9 Å². The molecule has 1 fully saturated rings. The van der Waals surface area contributed by atoms with E-state index in [1.54, 1.807) is 0 Å². The number of nitrogens with zero attached hydrogens (tertiary/aromatic N) is 2. The molecule has 19 heavy (non-hydrogen) atoms. The van der Waals surface area contributed by atoms with E-state index in [9.17, 15) is 0 Å². The molecule has 1 atom stereocenters.